The van der Waals surface area contributed by atoms with Gasteiger partial charge in [0, 0.05) is 12.1 Å². The van der Waals surface area contributed by atoms with E-state index in [1.807, 2.05) is 6.92 Å². The van der Waals surface area contributed by atoms with Crippen LogP contribution in [0.25, 0.3) is 11.5 Å². The number of aryl methyl sites for hydroxylation is 1. The third-order valence-electron chi connectivity index (χ3n) is 2.22. The van der Waals surface area contributed by atoms with E-state index < -0.39 is 0 Å². The molecule has 0 unspecified atom stereocenters. The van der Waals surface area contributed by atoms with Crippen molar-refractivity contribution >= 4 is 5.69 Å². The van der Waals surface area contributed by atoms with E-state index in [1.165, 1.54) is 0 Å². The van der Waals surface area contributed by atoms with Crippen molar-refractivity contribution < 1.29 is 9.15 Å². The van der Waals surface area contributed by atoms with E-state index in [2.05, 4.69) is 10.2 Å². The fraction of sp³-hybridized carbons (Fsp3) is 0.273. The van der Waals surface area contributed by atoms with Crippen molar-refractivity contribution in [3.63, 3.8) is 0 Å². The number of hydrogen-bond acceptors (Lipinski definition) is 5. The molecule has 5 nitrogen and oxygen atoms in total. The Morgan fingerprint density at radius 1 is 1.38 bits per heavy atom. The van der Waals surface area contributed by atoms with Crippen molar-refractivity contribution in [3.05, 3.63) is 24.1 Å². The molecule has 1 aromatic carbocycles. The van der Waals surface area contributed by atoms with Gasteiger partial charge in [0.25, 0.3) is 5.89 Å². The number of nitrogen functional groups attached to an aromatic ring is 1. The van der Waals surface area contributed by atoms with Crippen LogP contribution in [0.15, 0.2) is 22.6 Å². The normalized spacial score (nSPS) is 10.4. The van der Waals surface area contributed by atoms with Gasteiger partial charge in [-0.05, 0) is 18.2 Å². The number of rotatable bonds is 3. The lowest BCUT2D eigenvalue weighted by Crippen LogP contribution is -1.91. The van der Waals surface area contributed by atoms with E-state index in [0.717, 1.165) is 5.56 Å². The summed E-state index contributed by atoms with van der Waals surface area (Å²) in [5.41, 5.74) is 7.06. The second kappa shape index (κ2) is 4.22. The average molecular weight is 219 g/mol. The maximum Gasteiger partial charge on any atom is 0.251 e. The van der Waals surface area contributed by atoms with Gasteiger partial charge in [0.1, 0.15) is 5.75 Å². The molecule has 84 valence electrons. The minimum absolute atomic E-state index is 0.431. The number of aromatic nitrogens is 2. The molecule has 0 bridgehead atoms. The van der Waals surface area contributed by atoms with Crippen LogP contribution < -0.4 is 10.5 Å². The molecular weight excluding hydrogens is 206 g/mol. The van der Waals surface area contributed by atoms with Crippen molar-refractivity contribution in [3.8, 4) is 17.2 Å². The van der Waals surface area contributed by atoms with Gasteiger partial charge in [-0.15, -0.1) is 10.2 Å². The second-order valence-corrected chi connectivity index (χ2v) is 3.31. The lowest BCUT2D eigenvalue weighted by molar-refractivity contribution is 0.413. The van der Waals surface area contributed by atoms with Crippen molar-refractivity contribution in [1.29, 1.82) is 0 Å². The molecule has 2 N–H and O–H groups in total. The van der Waals surface area contributed by atoms with Gasteiger partial charge in [0.15, 0.2) is 0 Å². The van der Waals surface area contributed by atoms with Gasteiger partial charge >= 0.3 is 0 Å². The highest BCUT2D eigenvalue weighted by atomic mass is 16.5. The topological polar surface area (TPSA) is 74.2 Å². The first-order valence-corrected chi connectivity index (χ1v) is 5.01. The summed E-state index contributed by atoms with van der Waals surface area (Å²) >= 11 is 0. The van der Waals surface area contributed by atoms with Crippen LogP contribution in [0.3, 0.4) is 0 Å². The Labute approximate surface area is 93.2 Å². The van der Waals surface area contributed by atoms with Gasteiger partial charge in [0.05, 0.1) is 12.7 Å². The predicted octanol–water partition coefficient (Wildman–Crippen LogP) is 1.89. The van der Waals surface area contributed by atoms with E-state index in [4.69, 9.17) is 14.9 Å². The van der Waals surface area contributed by atoms with Gasteiger partial charge < -0.3 is 14.9 Å². The van der Waals surface area contributed by atoms with E-state index in [0.29, 0.717) is 29.6 Å². The van der Waals surface area contributed by atoms with E-state index in [-0.39, 0.29) is 0 Å². The average Bonchev–Trinajstić information content (AvgIpc) is 2.77. The van der Waals surface area contributed by atoms with Crippen LogP contribution in [-0.2, 0) is 6.42 Å². The Kier molecular flexibility index (Phi) is 2.76. The molecule has 0 saturated carbocycles. The van der Waals surface area contributed by atoms with Gasteiger partial charge in [-0.25, -0.2) is 0 Å². The summed E-state index contributed by atoms with van der Waals surface area (Å²) in [4.78, 5) is 0. The second-order valence-electron chi connectivity index (χ2n) is 3.31. The molecule has 1 aromatic heterocycles. The number of anilines is 1. The quantitative estimate of drug-likeness (QED) is 0.798. The molecule has 0 saturated heterocycles. The smallest absolute Gasteiger partial charge is 0.251 e. The molecule has 0 aliphatic rings. The van der Waals surface area contributed by atoms with Crippen molar-refractivity contribution in [2.24, 2.45) is 0 Å². The molecule has 0 spiro atoms. The first-order valence-electron chi connectivity index (χ1n) is 5.01. The van der Waals surface area contributed by atoms with Crippen LogP contribution in [0.5, 0.6) is 5.75 Å². The van der Waals surface area contributed by atoms with Crippen molar-refractivity contribution in [2.75, 3.05) is 12.8 Å². The highest BCUT2D eigenvalue weighted by molar-refractivity contribution is 5.67. The van der Waals surface area contributed by atoms with Crippen LogP contribution >= 0.6 is 0 Å². The number of hydrogen-bond donors (Lipinski definition) is 1. The zero-order chi connectivity index (χ0) is 11.5. The number of ether oxygens (including phenoxy) is 1. The monoisotopic (exact) mass is 219 g/mol. The summed E-state index contributed by atoms with van der Waals surface area (Å²) in [6.45, 7) is 1.95. The fourth-order valence-corrected chi connectivity index (χ4v) is 1.40. The van der Waals surface area contributed by atoms with Crippen LogP contribution in [0.2, 0.25) is 0 Å². The van der Waals surface area contributed by atoms with Gasteiger partial charge in [0.2, 0.25) is 5.89 Å². The first kappa shape index (κ1) is 10.5. The number of nitrogens with two attached hydrogens (primary N) is 1. The zero-order valence-corrected chi connectivity index (χ0v) is 9.23. The molecule has 1 heterocycles. The standard InChI is InChI=1S/C11H13N3O2/c1-3-10-13-14-11(16-10)8-6-7(12)4-5-9(8)15-2/h4-6H,3,12H2,1-2H3. The molecule has 0 atom stereocenters. The summed E-state index contributed by atoms with van der Waals surface area (Å²) in [5, 5.41) is 7.86. The minimum atomic E-state index is 0.431. The summed E-state index contributed by atoms with van der Waals surface area (Å²) in [5.74, 6) is 1.70. The van der Waals surface area contributed by atoms with Gasteiger partial charge in [-0.3, -0.25) is 0 Å². The third-order valence-corrected chi connectivity index (χ3v) is 2.22. The Morgan fingerprint density at radius 3 is 2.81 bits per heavy atom. The summed E-state index contributed by atoms with van der Waals surface area (Å²) in [6, 6.07) is 5.30. The largest absolute Gasteiger partial charge is 0.496 e. The molecule has 16 heavy (non-hydrogen) atoms. The summed E-state index contributed by atoms with van der Waals surface area (Å²) < 4.78 is 10.7. The van der Waals surface area contributed by atoms with Crippen LogP contribution in [0.1, 0.15) is 12.8 Å². The highest BCUT2D eigenvalue weighted by Crippen LogP contribution is 2.30. The van der Waals surface area contributed by atoms with Crippen molar-refractivity contribution in [1.82, 2.24) is 10.2 Å². The molecule has 0 aliphatic carbocycles. The Bertz CT molecular complexity index is 494. The molecule has 2 aromatic rings. The highest BCUT2D eigenvalue weighted by Gasteiger charge is 2.12. The molecule has 2 rings (SSSR count). The summed E-state index contributed by atoms with van der Waals surface area (Å²) in [6.07, 6.45) is 0.706. The lowest BCUT2D eigenvalue weighted by Gasteiger charge is -2.05. The van der Waals surface area contributed by atoms with E-state index in [9.17, 15) is 0 Å². The van der Waals surface area contributed by atoms with Gasteiger partial charge in [-0.1, -0.05) is 6.92 Å². The Hall–Kier alpha value is -2.04. The zero-order valence-electron chi connectivity index (χ0n) is 9.23. The van der Waals surface area contributed by atoms with Crippen LogP contribution in [0.4, 0.5) is 5.69 Å². The number of methoxy groups -OCH3 is 1. The molecule has 5 heteroatoms. The maximum absolute atomic E-state index is 5.71. The van der Waals surface area contributed by atoms with E-state index >= 15 is 0 Å². The maximum atomic E-state index is 5.71. The number of nitrogens with zero attached hydrogens (tertiary/aromatic N) is 2. The third kappa shape index (κ3) is 1.84. The molecule has 0 fully saturated rings. The molecule has 0 amide bonds. The van der Waals surface area contributed by atoms with Crippen molar-refractivity contribution in [2.45, 2.75) is 13.3 Å². The fourth-order valence-electron chi connectivity index (χ4n) is 1.40. The SMILES string of the molecule is CCc1nnc(-c2cc(N)ccc2OC)o1. The molecule has 0 aliphatic heterocycles. The van der Waals surface area contributed by atoms with Gasteiger partial charge in [-0.2, -0.15) is 0 Å². The first-order chi connectivity index (χ1) is 7.74. The van der Waals surface area contributed by atoms with Crippen LogP contribution in [0, 0.1) is 0 Å². The minimum Gasteiger partial charge on any atom is -0.496 e. The number of benzene rings is 1. The predicted molar refractivity (Wildman–Crippen MR) is 60.1 cm³/mol. The Balaban J connectivity index is 2.49. The van der Waals surface area contributed by atoms with E-state index in [1.54, 1.807) is 25.3 Å². The van der Waals surface area contributed by atoms with Crippen LogP contribution in [-0.4, -0.2) is 17.3 Å². The Morgan fingerprint density at radius 2 is 2.19 bits per heavy atom. The summed E-state index contributed by atoms with van der Waals surface area (Å²) in [7, 11) is 1.59. The molecule has 0 radical (unpaired) electrons. The molecular formula is C11H13N3O2. The lowest BCUT2D eigenvalue weighted by atomic mass is 10.2.